The molecule has 2 aliphatic rings. The maximum absolute atomic E-state index is 4.46. The van der Waals surface area contributed by atoms with E-state index in [2.05, 4.69) is 27.5 Å². The Hall–Kier alpha value is -0.830. The van der Waals surface area contributed by atoms with Crippen molar-refractivity contribution in [2.24, 2.45) is 0 Å². The molecule has 1 aliphatic heterocycles. The minimum absolute atomic E-state index is 0.652. The van der Waals surface area contributed by atoms with Gasteiger partial charge in [-0.25, -0.2) is 0 Å². The Bertz CT molecular complexity index is 321. The van der Waals surface area contributed by atoms with E-state index < -0.39 is 0 Å². The summed E-state index contributed by atoms with van der Waals surface area (Å²) in [6.07, 6.45) is 11.1. The van der Waals surface area contributed by atoms with Gasteiger partial charge in [-0.15, -0.1) is 0 Å². The highest BCUT2D eigenvalue weighted by Gasteiger charge is 2.21. The first-order valence-electron chi connectivity index (χ1n) is 6.17. The Morgan fingerprint density at radius 2 is 2.27 bits per heavy atom. The van der Waals surface area contributed by atoms with Crippen LogP contribution in [0.2, 0.25) is 0 Å². The lowest BCUT2D eigenvalue weighted by atomic mass is 9.81. The zero-order chi connectivity index (χ0) is 10.1. The maximum atomic E-state index is 4.46. The molecule has 1 unspecified atom stereocenters. The van der Waals surface area contributed by atoms with Gasteiger partial charge in [-0.1, -0.05) is 6.42 Å². The van der Waals surface area contributed by atoms with Crippen LogP contribution >= 0.6 is 0 Å². The van der Waals surface area contributed by atoms with Crippen molar-refractivity contribution < 1.29 is 0 Å². The van der Waals surface area contributed by atoms with Crippen LogP contribution in [0.25, 0.3) is 0 Å². The summed E-state index contributed by atoms with van der Waals surface area (Å²) >= 11 is 0. The van der Waals surface area contributed by atoms with Crippen LogP contribution in [-0.4, -0.2) is 22.4 Å². The van der Waals surface area contributed by atoms with E-state index in [9.17, 15) is 0 Å². The van der Waals surface area contributed by atoms with Crippen molar-refractivity contribution in [2.45, 2.75) is 50.6 Å². The Labute approximate surface area is 90.9 Å². The normalized spacial score (nSPS) is 26.8. The van der Waals surface area contributed by atoms with Crippen LogP contribution in [-0.2, 0) is 6.54 Å². The van der Waals surface area contributed by atoms with Crippen LogP contribution in [0.1, 0.15) is 43.6 Å². The number of nitrogens with zero attached hydrogens (tertiary/aromatic N) is 2. The van der Waals surface area contributed by atoms with Gasteiger partial charge in [0.1, 0.15) is 0 Å². The lowest BCUT2D eigenvalue weighted by molar-refractivity contribution is 0.418. The molecular formula is C12H19N3. The monoisotopic (exact) mass is 205 g/mol. The van der Waals surface area contributed by atoms with Gasteiger partial charge in [-0.2, -0.15) is 5.10 Å². The molecular weight excluding hydrogens is 186 g/mol. The van der Waals surface area contributed by atoms with Crippen LogP contribution in [0.4, 0.5) is 0 Å². The van der Waals surface area contributed by atoms with E-state index in [-0.39, 0.29) is 0 Å². The second-order valence-electron chi connectivity index (χ2n) is 4.92. The summed E-state index contributed by atoms with van der Waals surface area (Å²) in [5.74, 6) is 0.815. The fourth-order valence-corrected chi connectivity index (χ4v) is 2.57. The highest BCUT2D eigenvalue weighted by molar-refractivity contribution is 5.13. The predicted octanol–water partition coefficient (Wildman–Crippen LogP) is 1.90. The molecule has 82 valence electrons. The third-order valence-electron chi connectivity index (χ3n) is 3.80. The lowest BCUT2D eigenvalue weighted by Crippen LogP contribution is -2.26. The van der Waals surface area contributed by atoms with E-state index in [1.165, 1.54) is 44.2 Å². The predicted molar refractivity (Wildman–Crippen MR) is 59.8 cm³/mol. The van der Waals surface area contributed by atoms with E-state index in [1.807, 2.05) is 0 Å². The summed E-state index contributed by atoms with van der Waals surface area (Å²) in [7, 11) is 0. The Kier molecular flexibility index (Phi) is 2.49. The topological polar surface area (TPSA) is 29.9 Å². The van der Waals surface area contributed by atoms with Crippen molar-refractivity contribution in [3.05, 3.63) is 18.0 Å². The van der Waals surface area contributed by atoms with Crippen LogP contribution in [0.3, 0.4) is 0 Å². The molecule has 3 nitrogen and oxygen atoms in total. The third-order valence-corrected chi connectivity index (χ3v) is 3.80. The maximum Gasteiger partial charge on any atom is 0.0562 e. The molecule has 3 heteroatoms. The van der Waals surface area contributed by atoms with Gasteiger partial charge >= 0.3 is 0 Å². The summed E-state index contributed by atoms with van der Waals surface area (Å²) in [4.78, 5) is 0. The van der Waals surface area contributed by atoms with Crippen molar-refractivity contribution in [1.29, 1.82) is 0 Å². The highest BCUT2D eigenvalue weighted by atomic mass is 15.3. The summed E-state index contributed by atoms with van der Waals surface area (Å²) < 4.78 is 2.12. The molecule has 0 amide bonds. The molecule has 15 heavy (non-hydrogen) atoms. The standard InChI is InChI=1S/C12H19N3/c1-3-10(4-1)11-7-14-15(8-11)9-12-5-2-6-13-12/h7-8,10,12-13H,1-6,9H2. The zero-order valence-electron chi connectivity index (χ0n) is 9.15. The highest BCUT2D eigenvalue weighted by Crippen LogP contribution is 2.35. The van der Waals surface area contributed by atoms with Crippen LogP contribution in [0.15, 0.2) is 12.4 Å². The molecule has 0 aromatic carbocycles. The van der Waals surface area contributed by atoms with Gasteiger partial charge in [0.15, 0.2) is 0 Å². The van der Waals surface area contributed by atoms with Crippen LogP contribution in [0, 0.1) is 0 Å². The van der Waals surface area contributed by atoms with Gasteiger partial charge in [-0.05, 0) is 43.7 Å². The SMILES string of the molecule is c1nn(CC2CCCN2)cc1C1CCC1. The smallest absolute Gasteiger partial charge is 0.0562 e. The molecule has 1 aromatic heterocycles. The van der Waals surface area contributed by atoms with Crippen molar-refractivity contribution in [2.75, 3.05) is 6.54 Å². The van der Waals surface area contributed by atoms with Gasteiger partial charge in [0.2, 0.25) is 0 Å². The summed E-state index contributed by atoms with van der Waals surface area (Å²) in [6, 6.07) is 0.652. The Morgan fingerprint density at radius 1 is 1.33 bits per heavy atom. The van der Waals surface area contributed by atoms with Crippen molar-refractivity contribution in [3.63, 3.8) is 0 Å². The molecule has 0 radical (unpaired) electrons. The summed E-state index contributed by atoms with van der Waals surface area (Å²) in [5.41, 5.74) is 1.46. The molecule has 0 bridgehead atoms. The molecule has 1 atom stereocenters. The second kappa shape index (κ2) is 3.97. The van der Waals surface area contributed by atoms with Gasteiger partial charge in [0.25, 0.3) is 0 Å². The number of aromatic nitrogens is 2. The first-order valence-corrected chi connectivity index (χ1v) is 6.17. The van der Waals surface area contributed by atoms with E-state index in [0.717, 1.165) is 12.5 Å². The molecule has 1 saturated heterocycles. The zero-order valence-corrected chi connectivity index (χ0v) is 9.15. The molecule has 2 fully saturated rings. The average Bonchev–Trinajstić information content (AvgIpc) is 2.75. The Balaban J connectivity index is 1.62. The van der Waals surface area contributed by atoms with Crippen molar-refractivity contribution in [3.8, 4) is 0 Å². The Morgan fingerprint density at radius 3 is 2.93 bits per heavy atom. The molecule has 2 heterocycles. The quantitative estimate of drug-likeness (QED) is 0.817. The van der Waals surface area contributed by atoms with E-state index in [4.69, 9.17) is 0 Å². The first kappa shape index (κ1) is 9.40. The fourth-order valence-electron chi connectivity index (χ4n) is 2.57. The lowest BCUT2D eigenvalue weighted by Gasteiger charge is -2.23. The first-order chi connectivity index (χ1) is 7.42. The summed E-state index contributed by atoms with van der Waals surface area (Å²) in [5, 5.41) is 7.97. The number of hydrogen-bond acceptors (Lipinski definition) is 2. The number of hydrogen-bond donors (Lipinski definition) is 1. The minimum Gasteiger partial charge on any atom is -0.312 e. The number of nitrogens with one attached hydrogen (secondary N) is 1. The molecule has 1 aliphatic carbocycles. The largest absolute Gasteiger partial charge is 0.312 e. The fraction of sp³-hybridized carbons (Fsp3) is 0.750. The van der Waals surface area contributed by atoms with E-state index >= 15 is 0 Å². The minimum atomic E-state index is 0.652. The third kappa shape index (κ3) is 1.93. The molecule has 3 rings (SSSR count). The van der Waals surface area contributed by atoms with E-state index in [0.29, 0.717) is 6.04 Å². The van der Waals surface area contributed by atoms with Crippen LogP contribution < -0.4 is 5.32 Å². The van der Waals surface area contributed by atoms with Gasteiger partial charge in [0, 0.05) is 12.2 Å². The molecule has 1 aromatic rings. The number of rotatable bonds is 3. The summed E-state index contributed by atoms with van der Waals surface area (Å²) in [6.45, 7) is 2.23. The van der Waals surface area contributed by atoms with Gasteiger partial charge < -0.3 is 5.32 Å². The molecule has 1 saturated carbocycles. The average molecular weight is 205 g/mol. The van der Waals surface area contributed by atoms with Crippen LogP contribution in [0.5, 0.6) is 0 Å². The molecule has 1 N–H and O–H groups in total. The molecule has 0 spiro atoms. The van der Waals surface area contributed by atoms with Gasteiger partial charge in [-0.3, -0.25) is 4.68 Å². The van der Waals surface area contributed by atoms with Gasteiger partial charge in [0.05, 0.1) is 12.7 Å². The second-order valence-corrected chi connectivity index (χ2v) is 4.92. The van der Waals surface area contributed by atoms with Crippen molar-refractivity contribution in [1.82, 2.24) is 15.1 Å². The van der Waals surface area contributed by atoms with Crippen molar-refractivity contribution >= 4 is 0 Å². The van der Waals surface area contributed by atoms with E-state index in [1.54, 1.807) is 0 Å².